The summed E-state index contributed by atoms with van der Waals surface area (Å²) >= 11 is 0. The minimum atomic E-state index is -0.276. The summed E-state index contributed by atoms with van der Waals surface area (Å²) in [5.41, 5.74) is 3.37. The maximum absolute atomic E-state index is 12.8. The summed E-state index contributed by atoms with van der Waals surface area (Å²) in [7, 11) is 0. The minimum absolute atomic E-state index is 0.133. The van der Waals surface area contributed by atoms with E-state index in [1.165, 1.54) is 17.7 Å². The van der Waals surface area contributed by atoms with Gasteiger partial charge >= 0.3 is 0 Å². The number of carbonyl (C=O) groups is 2. The van der Waals surface area contributed by atoms with E-state index in [1.54, 1.807) is 17.0 Å². The maximum atomic E-state index is 12.8. The lowest BCUT2D eigenvalue weighted by Crippen LogP contribution is -2.39. The molecule has 0 fully saturated rings. The van der Waals surface area contributed by atoms with Crippen molar-refractivity contribution in [1.82, 2.24) is 10.2 Å². The Bertz CT molecular complexity index is 759. The molecule has 0 radical (unpaired) electrons. The Morgan fingerprint density at radius 2 is 1.76 bits per heavy atom. The number of amides is 2. The topological polar surface area (TPSA) is 49.4 Å². The van der Waals surface area contributed by atoms with E-state index in [0.717, 1.165) is 17.5 Å². The van der Waals surface area contributed by atoms with E-state index in [9.17, 15) is 14.0 Å². The monoisotopic (exact) mass is 340 g/mol. The van der Waals surface area contributed by atoms with Crippen molar-refractivity contribution in [2.75, 3.05) is 13.1 Å². The normalized spacial score (nSPS) is 13.2. The van der Waals surface area contributed by atoms with Crippen LogP contribution in [0.5, 0.6) is 0 Å². The summed E-state index contributed by atoms with van der Waals surface area (Å²) in [5, 5.41) is 2.75. The third kappa shape index (κ3) is 4.66. The zero-order chi connectivity index (χ0) is 17.6. The van der Waals surface area contributed by atoms with E-state index in [0.29, 0.717) is 26.1 Å². The molecule has 0 spiro atoms. The van der Waals surface area contributed by atoms with Crippen molar-refractivity contribution in [2.45, 2.75) is 25.8 Å². The molecule has 0 saturated carbocycles. The predicted octanol–water partition coefficient (Wildman–Crippen LogP) is 2.46. The van der Waals surface area contributed by atoms with Crippen LogP contribution in [0, 0.1) is 5.82 Å². The fraction of sp³-hybridized carbons (Fsp3) is 0.300. The van der Waals surface area contributed by atoms with E-state index in [-0.39, 0.29) is 24.1 Å². The molecule has 4 nitrogen and oxygen atoms in total. The molecular formula is C20H21FN2O2. The molecule has 0 aromatic heterocycles. The number of benzene rings is 2. The van der Waals surface area contributed by atoms with E-state index in [4.69, 9.17) is 0 Å². The van der Waals surface area contributed by atoms with E-state index in [2.05, 4.69) is 11.4 Å². The number of fused-ring (bicyclic) bond motifs is 1. The SMILES string of the molecule is O=C(CC(=O)N1CCc2ccccc2C1)NCCc1ccc(F)cc1. The number of hydrogen-bond donors (Lipinski definition) is 1. The van der Waals surface area contributed by atoms with Crippen LogP contribution >= 0.6 is 0 Å². The Morgan fingerprint density at radius 3 is 2.52 bits per heavy atom. The summed E-state index contributed by atoms with van der Waals surface area (Å²) in [6, 6.07) is 14.3. The highest BCUT2D eigenvalue weighted by molar-refractivity contribution is 5.96. The van der Waals surface area contributed by atoms with Gasteiger partial charge in [0.15, 0.2) is 0 Å². The average Bonchev–Trinajstić information content (AvgIpc) is 2.63. The first-order valence-electron chi connectivity index (χ1n) is 8.47. The molecule has 0 bridgehead atoms. The molecule has 1 N–H and O–H groups in total. The van der Waals surface area contributed by atoms with Crippen molar-refractivity contribution in [2.24, 2.45) is 0 Å². The smallest absolute Gasteiger partial charge is 0.232 e. The lowest BCUT2D eigenvalue weighted by molar-refractivity contribution is -0.136. The molecule has 2 amide bonds. The molecule has 2 aromatic rings. The lowest BCUT2D eigenvalue weighted by Gasteiger charge is -2.28. The summed E-state index contributed by atoms with van der Waals surface area (Å²) in [6.07, 6.45) is 1.30. The molecule has 0 atom stereocenters. The fourth-order valence-electron chi connectivity index (χ4n) is 3.02. The van der Waals surface area contributed by atoms with Gasteiger partial charge in [0.2, 0.25) is 11.8 Å². The second kappa shape index (κ2) is 7.92. The molecule has 0 saturated heterocycles. The number of nitrogens with one attached hydrogen (secondary N) is 1. The number of halogens is 1. The van der Waals surface area contributed by atoms with Gasteiger partial charge in [0.1, 0.15) is 12.2 Å². The van der Waals surface area contributed by atoms with Crippen molar-refractivity contribution in [3.8, 4) is 0 Å². The molecule has 2 aromatic carbocycles. The molecule has 1 heterocycles. The number of hydrogen-bond acceptors (Lipinski definition) is 2. The van der Waals surface area contributed by atoms with Gasteiger partial charge in [-0.25, -0.2) is 4.39 Å². The molecule has 5 heteroatoms. The zero-order valence-corrected chi connectivity index (χ0v) is 14.0. The second-order valence-corrected chi connectivity index (χ2v) is 6.24. The van der Waals surface area contributed by atoms with Crippen molar-refractivity contribution in [1.29, 1.82) is 0 Å². The molecule has 0 aliphatic carbocycles. The largest absolute Gasteiger partial charge is 0.355 e. The van der Waals surface area contributed by atoms with Gasteiger partial charge in [-0.3, -0.25) is 9.59 Å². The Hall–Kier alpha value is -2.69. The summed E-state index contributed by atoms with van der Waals surface area (Å²) in [4.78, 5) is 26.0. The fourth-order valence-corrected chi connectivity index (χ4v) is 3.02. The first-order valence-corrected chi connectivity index (χ1v) is 8.47. The summed E-state index contributed by atoms with van der Waals surface area (Å²) < 4.78 is 12.8. The van der Waals surface area contributed by atoms with Gasteiger partial charge in [-0.1, -0.05) is 36.4 Å². The van der Waals surface area contributed by atoms with Crippen LogP contribution in [0.15, 0.2) is 48.5 Å². The Morgan fingerprint density at radius 1 is 1.04 bits per heavy atom. The van der Waals surface area contributed by atoms with E-state index in [1.807, 2.05) is 18.2 Å². The minimum Gasteiger partial charge on any atom is -0.355 e. The van der Waals surface area contributed by atoms with Gasteiger partial charge in [0.05, 0.1) is 0 Å². The van der Waals surface area contributed by atoms with Crippen LogP contribution in [0.1, 0.15) is 23.1 Å². The van der Waals surface area contributed by atoms with Crippen LogP contribution in [0.25, 0.3) is 0 Å². The molecule has 25 heavy (non-hydrogen) atoms. The lowest BCUT2D eigenvalue weighted by atomic mass is 10.00. The third-order valence-corrected chi connectivity index (χ3v) is 4.44. The zero-order valence-electron chi connectivity index (χ0n) is 14.0. The van der Waals surface area contributed by atoms with Crippen LogP contribution in [-0.2, 0) is 29.0 Å². The molecule has 130 valence electrons. The highest BCUT2D eigenvalue weighted by Gasteiger charge is 2.21. The van der Waals surface area contributed by atoms with Crippen LogP contribution in [0.2, 0.25) is 0 Å². The van der Waals surface area contributed by atoms with Gasteiger partial charge in [-0.15, -0.1) is 0 Å². The maximum Gasteiger partial charge on any atom is 0.232 e. The van der Waals surface area contributed by atoms with Crippen molar-refractivity contribution < 1.29 is 14.0 Å². The van der Waals surface area contributed by atoms with Crippen LogP contribution in [0.4, 0.5) is 4.39 Å². The number of rotatable bonds is 5. The first-order chi connectivity index (χ1) is 12.1. The van der Waals surface area contributed by atoms with Gasteiger partial charge < -0.3 is 10.2 Å². The number of nitrogens with zero attached hydrogens (tertiary/aromatic N) is 1. The summed E-state index contributed by atoms with van der Waals surface area (Å²) in [6.45, 7) is 1.65. The number of carbonyl (C=O) groups excluding carboxylic acids is 2. The third-order valence-electron chi connectivity index (χ3n) is 4.44. The van der Waals surface area contributed by atoms with Crippen molar-refractivity contribution in [3.05, 3.63) is 71.0 Å². The summed E-state index contributed by atoms with van der Waals surface area (Å²) in [5.74, 6) is -0.693. The van der Waals surface area contributed by atoms with Gasteiger partial charge in [-0.05, 0) is 41.7 Å². The van der Waals surface area contributed by atoms with Crippen molar-refractivity contribution in [3.63, 3.8) is 0 Å². The molecule has 3 rings (SSSR count). The van der Waals surface area contributed by atoms with Gasteiger partial charge in [0, 0.05) is 19.6 Å². The van der Waals surface area contributed by atoms with E-state index < -0.39 is 0 Å². The van der Waals surface area contributed by atoms with Gasteiger partial charge in [-0.2, -0.15) is 0 Å². The van der Waals surface area contributed by atoms with Crippen LogP contribution in [0.3, 0.4) is 0 Å². The highest BCUT2D eigenvalue weighted by atomic mass is 19.1. The van der Waals surface area contributed by atoms with Crippen LogP contribution in [-0.4, -0.2) is 29.8 Å². The average molecular weight is 340 g/mol. The Kier molecular flexibility index (Phi) is 5.43. The van der Waals surface area contributed by atoms with Crippen LogP contribution < -0.4 is 5.32 Å². The molecule has 1 aliphatic rings. The quantitative estimate of drug-likeness (QED) is 0.850. The standard InChI is InChI=1S/C20H21FN2O2/c21-18-7-5-15(6-8-18)9-11-22-19(24)13-20(25)23-12-10-16-3-1-2-4-17(16)14-23/h1-8H,9-14H2,(H,22,24). The Balaban J connectivity index is 1.43. The highest BCUT2D eigenvalue weighted by Crippen LogP contribution is 2.18. The molecular weight excluding hydrogens is 319 g/mol. The first kappa shape index (κ1) is 17.1. The molecule has 0 unspecified atom stereocenters. The van der Waals surface area contributed by atoms with Gasteiger partial charge in [0.25, 0.3) is 0 Å². The van der Waals surface area contributed by atoms with Crippen molar-refractivity contribution >= 4 is 11.8 Å². The molecule has 1 aliphatic heterocycles. The Labute approximate surface area is 146 Å². The second-order valence-electron chi connectivity index (χ2n) is 6.24. The predicted molar refractivity (Wildman–Crippen MR) is 93.3 cm³/mol. The van der Waals surface area contributed by atoms with E-state index >= 15 is 0 Å².